The Bertz CT molecular complexity index is 1720. The number of rotatable bonds is 5. The summed E-state index contributed by atoms with van der Waals surface area (Å²) in [7, 11) is 0. The lowest BCUT2D eigenvalue weighted by Gasteiger charge is -2.25. The maximum atomic E-state index is 13.8. The van der Waals surface area contributed by atoms with E-state index in [0.29, 0.717) is 65.6 Å². The van der Waals surface area contributed by atoms with E-state index in [4.69, 9.17) is 4.74 Å². The van der Waals surface area contributed by atoms with Crippen LogP contribution in [0.15, 0.2) is 23.0 Å². The van der Waals surface area contributed by atoms with Gasteiger partial charge in [-0.15, -0.1) is 0 Å². The first kappa shape index (κ1) is 36.0. The molecule has 14 heteroatoms. The Morgan fingerprint density at radius 1 is 0.958 bits per heavy atom. The second-order valence-electron chi connectivity index (χ2n) is 12.2. The molecule has 1 aliphatic rings. The zero-order chi connectivity index (χ0) is 35.0. The quantitative estimate of drug-likeness (QED) is 0.259. The first-order valence-electron chi connectivity index (χ1n) is 16.7. The SMILES string of the molecule is CCOC(=O)c1c(C)[nH]c(C(=O)N2CCCNC(=O)c3ccc4[nH]c(=O)n(c4c3)CCCNC(=O)[C@H]([C@@H](C)CC)NC(=O)CCC2)c1C. The molecule has 2 aromatic heterocycles. The normalized spacial score (nSPS) is 18.1. The zero-order valence-corrected chi connectivity index (χ0v) is 28.4. The lowest BCUT2D eigenvalue weighted by atomic mass is 9.98. The molecule has 2 atom stereocenters. The Morgan fingerprint density at radius 2 is 1.67 bits per heavy atom. The lowest BCUT2D eigenvalue weighted by Crippen LogP contribution is -2.50. The molecular formula is C34H47N7O7. The molecule has 0 aliphatic carbocycles. The van der Waals surface area contributed by atoms with Gasteiger partial charge in [0.25, 0.3) is 11.8 Å². The summed E-state index contributed by atoms with van der Waals surface area (Å²) in [4.78, 5) is 85.9. The zero-order valence-electron chi connectivity index (χ0n) is 28.4. The molecule has 1 aliphatic heterocycles. The molecule has 0 radical (unpaired) electrons. The second-order valence-corrected chi connectivity index (χ2v) is 12.2. The minimum absolute atomic E-state index is 0.0829. The Morgan fingerprint density at radius 3 is 2.40 bits per heavy atom. The summed E-state index contributed by atoms with van der Waals surface area (Å²) < 4.78 is 6.72. The Hall–Kier alpha value is -4.88. The Balaban J connectivity index is 1.59. The fourth-order valence-electron chi connectivity index (χ4n) is 5.97. The van der Waals surface area contributed by atoms with Gasteiger partial charge in [-0.05, 0) is 69.7 Å². The van der Waals surface area contributed by atoms with Gasteiger partial charge in [0.05, 0.1) is 23.2 Å². The van der Waals surface area contributed by atoms with Gasteiger partial charge in [0.15, 0.2) is 0 Å². The third kappa shape index (κ3) is 8.33. The number of esters is 1. The van der Waals surface area contributed by atoms with Crippen molar-refractivity contribution in [2.75, 3.05) is 32.8 Å². The molecule has 4 amide bonds. The van der Waals surface area contributed by atoms with Crippen molar-refractivity contribution in [2.24, 2.45) is 5.92 Å². The number of carbonyl (C=O) groups is 5. The fraction of sp³-hybridized carbons (Fsp3) is 0.529. The number of aromatic amines is 2. The van der Waals surface area contributed by atoms with E-state index < -0.39 is 12.0 Å². The van der Waals surface area contributed by atoms with Crippen LogP contribution in [0.5, 0.6) is 0 Å². The number of imidazole rings is 1. The molecule has 260 valence electrons. The predicted molar refractivity (Wildman–Crippen MR) is 180 cm³/mol. The van der Waals surface area contributed by atoms with Crippen molar-refractivity contribution in [3.63, 3.8) is 0 Å². The van der Waals surface area contributed by atoms with Crippen molar-refractivity contribution < 1.29 is 28.7 Å². The van der Waals surface area contributed by atoms with Crippen molar-refractivity contribution in [1.82, 2.24) is 35.4 Å². The summed E-state index contributed by atoms with van der Waals surface area (Å²) in [5, 5.41) is 8.66. The van der Waals surface area contributed by atoms with E-state index in [1.807, 2.05) is 13.8 Å². The minimum atomic E-state index is -0.740. The number of aromatic nitrogens is 3. The molecule has 0 fully saturated rings. The number of carbonyl (C=O) groups excluding carboxylic acids is 5. The number of nitrogens with zero attached hydrogens (tertiary/aromatic N) is 2. The molecule has 0 spiro atoms. The summed E-state index contributed by atoms with van der Waals surface area (Å²) in [6.45, 7) is 10.5. The van der Waals surface area contributed by atoms with Gasteiger partial charge in [0, 0.05) is 50.4 Å². The highest BCUT2D eigenvalue weighted by molar-refractivity contribution is 6.00. The number of ether oxygens (including phenoxy) is 1. The van der Waals surface area contributed by atoms with Gasteiger partial charge >= 0.3 is 11.7 Å². The number of amides is 4. The molecule has 5 N–H and O–H groups in total. The first-order chi connectivity index (χ1) is 23.0. The topological polar surface area (TPSA) is 187 Å². The number of hydrogen-bond donors (Lipinski definition) is 5. The standard InChI is InChI=1S/C34H47N7O7/c1-6-20(3)28-31(44)36-15-10-18-41-25-19-23(12-13-24(25)38-34(41)47)30(43)35-14-9-17-40(16-8-11-26(42)39-28)32(45)29-21(4)27(22(5)37-29)33(46)48-7-2/h12-13,19-20,28,37H,6-11,14-18H2,1-5H3,(H,35,43)(H,36,44)(H,38,47)(H,39,42)/t20-,28-/m0/s1. The largest absolute Gasteiger partial charge is 0.462 e. The van der Waals surface area contributed by atoms with Crippen LogP contribution in [0.25, 0.3) is 11.0 Å². The Labute approximate surface area is 279 Å². The average Bonchev–Trinajstić information content (AvgIpc) is 3.54. The molecule has 1 aromatic carbocycles. The van der Waals surface area contributed by atoms with E-state index in [1.54, 1.807) is 43.9 Å². The van der Waals surface area contributed by atoms with Crippen LogP contribution in [0, 0.1) is 19.8 Å². The van der Waals surface area contributed by atoms with Gasteiger partial charge in [-0.25, -0.2) is 9.59 Å². The van der Waals surface area contributed by atoms with Crippen LogP contribution in [0.2, 0.25) is 0 Å². The molecular weight excluding hydrogens is 618 g/mol. The van der Waals surface area contributed by atoms with E-state index in [1.165, 1.54) is 4.57 Å². The fourth-order valence-corrected chi connectivity index (χ4v) is 5.97. The predicted octanol–water partition coefficient (Wildman–Crippen LogP) is 2.54. The van der Waals surface area contributed by atoms with E-state index in [9.17, 15) is 28.8 Å². The van der Waals surface area contributed by atoms with Crippen LogP contribution in [-0.2, 0) is 20.9 Å². The minimum Gasteiger partial charge on any atom is -0.462 e. The van der Waals surface area contributed by atoms with Crippen molar-refractivity contribution in [1.29, 1.82) is 0 Å². The third-order valence-corrected chi connectivity index (χ3v) is 8.85. The molecule has 14 nitrogen and oxygen atoms in total. The number of benzene rings is 1. The van der Waals surface area contributed by atoms with Gasteiger partial charge in [-0.2, -0.15) is 0 Å². The monoisotopic (exact) mass is 665 g/mol. The van der Waals surface area contributed by atoms with Crippen LogP contribution in [0.4, 0.5) is 0 Å². The number of H-pyrrole nitrogens is 2. The van der Waals surface area contributed by atoms with Gasteiger partial charge < -0.3 is 35.6 Å². The average molecular weight is 666 g/mol. The molecule has 48 heavy (non-hydrogen) atoms. The second kappa shape index (κ2) is 16.3. The van der Waals surface area contributed by atoms with E-state index in [-0.39, 0.29) is 80.1 Å². The molecule has 3 heterocycles. The highest BCUT2D eigenvalue weighted by Crippen LogP contribution is 2.21. The maximum Gasteiger partial charge on any atom is 0.340 e. The van der Waals surface area contributed by atoms with E-state index in [0.717, 1.165) is 0 Å². The Kier molecular flexibility index (Phi) is 12.2. The summed E-state index contributed by atoms with van der Waals surface area (Å²) in [5.74, 6) is -1.92. The highest BCUT2D eigenvalue weighted by Gasteiger charge is 2.28. The van der Waals surface area contributed by atoms with Crippen molar-refractivity contribution >= 4 is 40.6 Å². The van der Waals surface area contributed by atoms with E-state index >= 15 is 0 Å². The number of hydrogen-bond acceptors (Lipinski definition) is 7. The molecule has 3 aromatic rings. The number of aryl methyl sites for hydroxylation is 2. The van der Waals surface area contributed by atoms with Crippen LogP contribution >= 0.6 is 0 Å². The molecule has 0 saturated heterocycles. The molecule has 0 saturated carbocycles. The van der Waals surface area contributed by atoms with Gasteiger partial charge in [-0.1, -0.05) is 20.3 Å². The molecule has 0 unspecified atom stereocenters. The molecule has 4 rings (SSSR count). The van der Waals surface area contributed by atoms with Crippen molar-refractivity contribution in [3.8, 4) is 0 Å². The van der Waals surface area contributed by atoms with Crippen LogP contribution in [0.1, 0.15) is 95.3 Å². The van der Waals surface area contributed by atoms with E-state index in [2.05, 4.69) is 25.9 Å². The smallest absolute Gasteiger partial charge is 0.340 e. The van der Waals surface area contributed by atoms with Crippen molar-refractivity contribution in [2.45, 2.75) is 79.3 Å². The maximum absolute atomic E-state index is 13.8. The highest BCUT2D eigenvalue weighted by atomic mass is 16.5. The summed E-state index contributed by atoms with van der Waals surface area (Å²) in [6.07, 6.45) is 1.96. The van der Waals surface area contributed by atoms with Crippen LogP contribution < -0.4 is 21.6 Å². The van der Waals surface area contributed by atoms with Gasteiger partial charge in [0.1, 0.15) is 11.7 Å². The van der Waals surface area contributed by atoms with Crippen LogP contribution in [-0.4, -0.2) is 87.9 Å². The molecule has 2 bridgehead atoms. The number of nitrogens with one attached hydrogen (secondary N) is 5. The summed E-state index contributed by atoms with van der Waals surface area (Å²) in [5.41, 5.74) is 2.80. The van der Waals surface area contributed by atoms with Gasteiger partial charge in [-0.3, -0.25) is 23.7 Å². The first-order valence-corrected chi connectivity index (χ1v) is 16.7. The van der Waals surface area contributed by atoms with Gasteiger partial charge in [0.2, 0.25) is 11.8 Å². The number of fused-ring (bicyclic) bond motifs is 1. The lowest BCUT2D eigenvalue weighted by molar-refractivity contribution is -0.130. The van der Waals surface area contributed by atoms with Crippen molar-refractivity contribution in [3.05, 3.63) is 56.8 Å². The summed E-state index contributed by atoms with van der Waals surface area (Å²) in [6, 6.07) is 4.24. The van der Waals surface area contributed by atoms with Crippen LogP contribution in [0.3, 0.4) is 0 Å². The third-order valence-electron chi connectivity index (χ3n) is 8.85. The summed E-state index contributed by atoms with van der Waals surface area (Å²) >= 11 is 0.